The van der Waals surface area contributed by atoms with Crippen LogP contribution < -0.4 is 19.7 Å². The van der Waals surface area contributed by atoms with Gasteiger partial charge in [-0.2, -0.15) is 0 Å². The molecule has 0 aliphatic carbocycles. The van der Waals surface area contributed by atoms with Gasteiger partial charge in [0, 0.05) is 31.8 Å². The van der Waals surface area contributed by atoms with Crippen LogP contribution in [0.25, 0.3) is 0 Å². The first-order chi connectivity index (χ1) is 10.7. The maximum absolute atomic E-state index is 5.44. The van der Waals surface area contributed by atoms with Gasteiger partial charge in [-0.25, -0.2) is 0 Å². The number of rotatable bonds is 4. The number of ether oxygens (including phenoxy) is 2. The Morgan fingerprint density at radius 1 is 1.05 bits per heavy atom. The highest BCUT2D eigenvalue weighted by Gasteiger charge is 2.20. The number of hydrogen-bond donors (Lipinski definition) is 1. The third-order valence-corrected chi connectivity index (χ3v) is 4.03. The van der Waals surface area contributed by atoms with Crippen LogP contribution in [0.3, 0.4) is 0 Å². The summed E-state index contributed by atoms with van der Waals surface area (Å²) in [7, 11) is 3.34. The van der Waals surface area contributed by atoms with Crippen molar-refractivity contribution in [1.29, 1.82) is 0 Å². The van der Waals surface area contributed by atoms with Crippen LogP contribution in [0.15, 0.2) is 36.4 Å². The molecule has 1 aliphatic rings. The molecule has 0 aromatic heterocycles. The van der Waals surface area contributed by atoms with Crippen molar-refractivity contribution in [3.8, 4) is 11.5 Å². The summed E-state index contributed by atoms with van der Waals surface area (Å²) in [5.74, 6) is 1.52. The van der Waals surface area contributed by atoms with Gasteiger partial charge in [0.1, 0.15) is 0 Å². The van der Waals surface area contributed by atoms with E-state index in [2.05, 4.69) is 47.5 Å². The first kappa shape index (κ1) is 14.6. The normalized spacial score (nSPS) is 13.3. The van der Waals surface area contributed by atoms with Crippen LogP contribution in [-0.4, -0.2) is 27.3 Å². The van der Waals surface area contributed by atoms with E-state index in [1.54, 1.807) is 14.2 Å². The number of nitrogens with zero attached hydrogens (tertiary/aromatic N) is 1. The molecule has 0 spiro atoms. The smallest absolute Gasteiger partial charge is 0.162 e. The van der Waals surface area contributed by atoms with Gasteiger partial charge in [0.25, 0.3) is 0 Å². The maximum atomic E-state index is 5.44. The molecule has 0 saturated carbocycles. The molecule has 0 amide bonds. The Hall–Kier alpha value is -2.36. The highest BCUT2D eigenvalue weighted by atomic mass is 16.5. The molecule has 116 valence electrons. The Bertz CT molecular complexity index is 653. The molecule has 0 bridgehead atoms. The monoisotopic (exact) mass is 298 g/mol. The van der Waals surface area contributed by atoms with E-state index < -0.39 is 0 Å². The Morgan fingerprint density at radius 3 is 2.41 bits per heavy atom. The van der Waals surface area contributed by atoms with Crippen molar-refractivity contribution in [2.45, 2.75) is 13.5 Å². The molecule has 0 radical (unpaired) electrons. The second-order valence-electron chi connectivity index (χ2n) is 5.56. The molecule has 3 rings (SSSR count). The molecule has 2 aromatic rings. The molecule has 0 fully saturated rings. The van der Waals surface area contributed by atoms with Gasteiger partial charge < -0.3 is 19.7 Å². The Labute approximate surface area is 131 Å². The zero-order valence-corrected chi connectivity index (χ0v) is 13.3. The summed E-state index contributed by atoms with van der Waals surface area (Å²) in [4.78, 5) is 2.37. The van der Waals surface area contributed by atoms with Gasteiger partial charge >= 0.3 is 0 Å². The molecule has 0 saturated heterocycles. The first-order valence-corrected chi connectivity index (χ1v) is 7.51. The van der Waals surface area contributed by atoms with E-state index in [9.17, 15) is 0 Å². The lowest BCUT2D eigenvalue weighted by Crippen LogP contribution is -2.33. The molecule has 1 N–H and O–H groups in total. The number of methoxy groups -OCH3 is 2. The van der Waals surface area contributed by atoms with Gasteiger partial charge in [0.05, 0.1) is 25.6 Å². The molecule has 0 unspecified atom stereocenters. The third-order valence-electron chi connectivity index (χ3n) is 4.03. The topological polar surface area (TPSA) is 33.7 Å². The fourth-order valence-corrected chi connectivity index (χ4v) is 2.80. The predicted octanol–water partition coefficient (Wildman–Crippen LogP) is 3.44. The van der Waals surface area contributed by atoms with Gasteiger partial charge in [-0.1, -0.05) is 29.8 Å². The number of aryl methyl sites for hydroxylation is 1. The van der Waals surface area contributed by atoms with Crippen LogP contribution in [0.4, 0.5) is 11.4 Å². The van der Waals surface area contributed by atoms with Crippen LogP contribution in [0, 0.1) is 6.92 Å². The molecule has 4 heteroatoms. The van der Waals surface area contributed by atoms with Crippen LogP contribution in [0.2, 0.25) is 0 Å². The van der Waals surface area contributed by atoms with Gasteiger partial charge in [-0.05, 0) is 12.5 Å². The molecule has 1 heterocycles. The van der Waals surface area contributed by atoms with E-state index >= 15 is 0 Å². The van der Waals surface area contributed by atoms with E-state index in [0.717, 1.165) is 42.5 Å². The summed E-state index contributed by atoms with van der Waals surface area (Å²) >= 11 is 0. The lowest BCUT2D eigenvalue weighted by atomic mass is 10.1. The standard InChI is InChI=1S/C18H22N2O2/c1-13-4-6-14(7-5-13)12-20-9-8-19-15-10-17(21-2)18(22-3)11-16(15)20/h4-7,10-11,19H,8-9,12H2,1-3H3. The third kappa shape index (κ3) is 2.82. The minimum absolute atomic E-state index is 0.755. The van der Waals surface area contributed by atoms with Crippen LogP contribution in [-0.2, 0) is 6.54 Å². The van der Waals surface area contributed by atoms with Crippen molar-refractivity contribution in [3.05, 3.63) is 47.5 Å². The van der Waals surface area contributed by atoms with Crippen LogP contribution in [0.5, 0.6) is 11.5 Å². The molecule has 0 atom stereocenters. The molecule has 2 aromatic carbocycles. The highest BCUT2D eigenvalue weighted by molar-refractivity contribution is 5.76. The average molecular weight is 298 g/mol. The summed E-state index contributed by atoms with van der Waals surface area (Å²) in [5.41, 5.74) is 4.85. The summed E-state index contributed by atoms with van der Waals surface area (Å²) < 4.78 is 10.8. The van der Waals surface area contributed by atoms with E-state index in [0.29, 0.717) is 0 Å². The Kier molecular flexibility index (Phi) is 4.09. The number of hydrogen-bond acceptors (Lipinski definition) is 4. The van der Waals surface area contributed by atoms with Crippen molar-refractivity contribution < 1.29 is 9.47 Å². The summed E-state index contributed by atoms with van der Waals surface area (Å²) in [6.45, 7) is 4.90. The summed E-state index contributed by atoms with van der Waals surface area (Å²) in [5, 5.41) is 3.44. The van der Waals surface area contributed by atoms with Gasteiger partial charge in [-0.15, -0.1) is 0 Å². The maximum Gasteiger partial charge on any atom is 0.162 e. The number of anilines is 2. The zero-order chi connectivity index (χ0) is 15.5. The fourth-order valence-electron chi connectivity index (χ4n) is 2.80. The minimum atomic E-state index is 0.755. The summed E-state index contributed by atoms with van der Waals surface area (Å²) in [6, 6.07) is 12.8. The van der Waals surface area contributed by atoms with Crippen molar-refractivity contribution in [2.75, 3.05) is 37.5 Å². The van der Waals surface area contributed by atoms with E-state index in [1.807, 2.05) is 6.07 Å². The van der Waals surface area contributed by atoms with Crippen molar-refractivity contribution in [1.82, 2.24) is 0 Å². The fraction of sp³-hybridized carbons (Fsp3) is 0.333. The SMILES string of the molecule is COc1cc2c(cc1OC)N(Cc1ccc(C)cc1)CCN2. The summed E-state index contributed by atoms with van der Waals surface area (Å²) in [6.07, 6.45) is 0. The highest BCUT2D eigenvalue weighted by Crippen LogP contribution is 2.40. The predicted molar refractivity (Wildman–Crippen MR) is 90.3 cm³/mol. The van der Waals surface area contributed by atoms with E-state index in [4.69, 9.17) is 9.47 Å². The largest absolute Gasteiger partial charge is 0.493 e. The van der Waals surface area contributed by atoms with Crippen LogP contribution in [0.1, 0.15) is 11.1 Å². The molecular formula is C18H22N2O2. The number of fused-ring (bicyclic) bond motifs is 1. The van der Waals surface area contributed by atoms with E-state index in [1.165, 1.54) is 11.1 Å². The lowest BCUT2D eigenvalue weighted by molar-refractivity contribution is 0.355. The molecule has 22 heavy (non-hydrogen) atoms. The number of benzene rings is 2. The zero-order valence-electron chi connectivity index (χ0n) is 13.3. The van der Waals surface area contributed by atoms with Crippen molar-refractivity contribution in [3.63, 3.8) is 0 Å². The molecule has 1 aliphatic heterocycles. The minimum Gasteiger partial charge on any atom is -0.493 e. The molecule has 4 nitrogen and oxygen atoms in total. The quantitative estimate of drug-likeness (QED) is 0.937. The van der Waals surface area contributed by atoms with Gasteiger partial charge in [0.15, 0.2) is 11.5 Å². The first-order valence-electron chi connectivity index (χ1n) is 7.51. The van der Waals surface area contributed by atoms with Crippen LogP contribution >= 0.6 is 0 Å². The lowest BCUT2D eigenvalue weighted by Gasteiger charge is -2.33. The second kappa shape index (κ2) is 6.18. The number of nitrogens with one attached hydrogen (secondary N) is 1. The van der Waals surface area contributed by atoms with Gasteiger partial charge in [0.2, 0.25) is 0 Å². The van der Waals surface area contributed by atoms with Crippen molar-refractivity contribution in [2.24, 2.45) is 0 Å². The van der Waals surface area contributed by atoms with Gasteiger partial charge in [-0.3, -0.25) is 0 Å². The van der Waals surface area contributed by atoms with Crippen molar-refractivity contribution >= 4 is 11.4 Å². The van der Waals surface area contributed by atoms with E-state index in [-0.39, 0.29) is 0 Å². The Balaban J connectivity index is 1.91. The molecular weight excluding hydrogens is 276 g/mol. The second-order valence-corrected chi connectivity index (χ2v) is 5.56. The Morgan fingerprint density at radius 2 is 1.73 bits per heavy atom. The average Bonchev–Trinajstić information content (AvgIpc) is 2.56.